The fourth-order valence-electron chi connectivity index (χ4n) is 4.90. The van der Waals surface area contributed by atoms with Crippen LogP contribution in [-0.4, -0.2) is 59.5 Å². The molecule has 1 aliphatic rings. The van der Waals surface area contributed by atoms with Gasteiger partial charge in [0, 0.05) is 48.4 Å². The van der Waals surface area contributed by atoms with E-state index in [0.717, 1.165) is 28.6 Å². The Kier molecular flexibility index (Phi) is 7.51. The predicted octanol–water partition coefficient (Wildman–Crippen LogP) is 5.48. The van der Waals surface area contributed by atoms with E-state index in [1.165, 1.54) is 6.20 Å². The van der Waals surface area contributed by atoms with Crippen molar-refractivity contribution in [2.75, 3.05) is 49.1 Å². The average molecular weight is 568 g/mol. The number of benzene rings is 2. The zero-order valence-electron chi connectivity index (χ0n) is 22.3. The first-order chi connectivity index (χ1) is 18.7. The Morgan fingerprint density at radius 3 is 2.59 bits per heavy atom. The number of piperidine rings is 1. The predicted molar refractivity (Wildman–Crippen MR) is 158 cm³/mol. The van der Waals surface area contributed by atoms with Gasteiger partial charge < -0.3 is 24.8 Å². The largest absolute Gasteiger partial charge is 0.494 e. The number of nitrogens with zero attached hydrogens (tertiary/aromatic N) is 4. The van der Waals surface area contributed by atoms with E-state index in [9.17, 15) is 9.36 Å². The van der Waals surface area contributed by atoms with Gasteiger partial charge in [-0.2, -0.15) is 10.1 Å². The summed E-state index contributed by atoms with van der Waals surface area (Å²) in [5.41, 5.74) is 4.34. The Bertz CT molecular complexity index is 1590. The number of anilines is 5. The number of ether oxygens (including phenoxy) is 1. The van der Waals surface area contributed by atoms with Crippen LogP contribution < -0.4 is 25.6 Å². The van der Waals surface area contributed by atoms with Gasteiger partial charge in [0.05, 0.1) is 36.4 Å². The third-order valence-electron chi connectivity index (χ3n) is 6.82. The molecule has 1 saturated heterocycles. The summed E-state index contributed by atoms with van der Waals surface area (Å²) >= 11 is 6.48. The molecule has 0 atom stereocenters. The molecule has 10 nitrogen and oxygen atoms in total. The number of rotatable bonds is 8. The Labute approximate surface area is 231 Å². The van der Waals surface area contributed by atoms with Crippen LogP contribution in [0.1, 0.15) is 25.3 Å². The lowest BCUT2D eigenvalue weighted by molar-refractivity contribution is -0.119. The highest BCUT2D eigenvalue weighted by Gasteiger charge is 2.23. The second kappa shape index (κ2) is 10.9. The molecule has 0 bridgehead atoms. The molecule has 0 spiro atoms. The smallest absolute Gasteiger partial charge is 0.229 e. The molecule has 0 amide bonds. The maximum Gasteiger partial charge on any atom is 0.229 e. The highest BCUT2D eigenvalue weighted by molar-refractivity contribution is 7.71. The van der Waals surface area contributed by atoms with Crippen LogP contribution in [-0.2, 0) is 15.8 Å². The van der Waals surface area contributed by atoms with Crippen molar-refractivity contribution < 1.29 is 14.1 Å². The molecule has 204 valence electrons. The number of halogens is 1. The zero-order chi connectivity index (χ0) is 27.7. The topological polar surface area (TPSA) is 125 Å². The molecule has 0 unspecified atom stereocenters. The van der Waals surface area contributed by atoms with E-state index in [0.29, 0.717) is 70.9 Å². The SMILES string of the molecule is CCc1cc(Nc2ncc(Cl)c(Nc3ccc4[nH]ncc4c3P(C)(C)=O)n2)c(OC)cc1N1CCC(=O)CC1. The first kappa shape index (κ1) is 27.0. The fourth-order valence-corrected chi connectivity index (χ4v) is 6.51. The summed E-state index contributed by atoms with van der Waals surface area (Å²) in [5, 5.41) is 15.3. The summed E-state index contributed by atoms with van der Waals surface area (Å²) in [5.74, 6) is 1.63. The number of hydrogen-bond donors (Lipinski definition) is 3. The highest BCUT2D eigenvalue weighted by atomic mass is 35.5. The first-order valence-electron chi connectivity index (χ1n) is 12.7. The Hall–Kier alpha value is -3.62. The van der Waals surface area contributed by atoms with Gasteiger partial charge in [0.25, 0.3) is 0 Å². The molecule has 3 heterocycles. The van der Waals surface area contributed by atoms with Gasteiger partial charge in [-0.25, -0.2) is 4.98 Å². The number of Topliss-reactive ketones (excluding diaryl/α,β-unsaturated/α-hetero) is 1. The number of fused-ring (bicyclic) bond motifs is 1. The molecule has 4 aromatic rings. The minimum Gasteiger partial charge on any atom is -0.494 e. The number of methoxy groups -OCH3 is 1. The lowest BCUT2D eigenvalue weighted by Crippen LogP contribution is -2.34. The van der Waals surface area contributed by atoms with Crippen molar-refractivity contribution in [3.8, 4) is 5.75 Å². The monoisotopic (exact) mass is 567 g/mol. The number of carbonyl (C=O) groups is 1. The summed E-state index contributed by atoms with van der Waals surface area (Å²) in [4.78, 5) is 23.0. The Morgan fingerprint density at radius 2 is 1.90 bits per heavy atom. The van der Waals surface area contributed by atoms with Gasteiger partial charge >= 0.3 is 0 Å². The average Bonchev–Trinajstić information content (AvgIpc) is 3.38. The third-order valence-corrected chi connectivity index (χ3v) is 8.66. The number of nitrogens with one attached hydrogen (secondary N) is 3. The fraction of sp³-hybridized carbons (Fsp3) is 0.333. The quantitative estimate of drug-likeness (QED) is 0.237. The molecule has 2 aromatic carbocycles. The molecule has 39 heavy (non-hydrogen) atoms. The number of aromatic nitrogens is 4. The van der Waals surface area contributed by atoms with Crippen LogP contribution in [0.3, 0.4) is 0 Å². The van der Waals surface area contributed by atoms with Crippen LogP contribution in [0.15, 0.2) is 36.7 Å². The molecule has 2 aromatic heterocycles. The van der Waals surface area contributed by atoms with Gasteiger partial charge in [0.1, 0.15) is 23.7 Å². The summed E-state index contributed by atoms with van der Waals surface area (Å²) in [6.45, 7) is 6.94. The lowest BCUT2D eigenvalue weighted by Gasteiger charge is -2.30. The van der Waals surface area contributed by atoms with E-state index in [-0.39, 0.29) is 0 Å². The van der Waals surface area contributed by atoms with Gasteiger partial charge in [-0.05, 0) is 43.5 Å². The summed E-state index contributed by atoms with van der Waals surface area (Å²) in [6, 6.07) is 7.74. The van der Waals surface area contributed by atoms with Gasteiger partial charge in [0.2, 0.25) is 5.95 Å². The molecule has 0 saturated carbocycles. The van der Waals surface area contributed by atoms with E-state index in [1.54, 1.807) is 26.6 Å². The van der Waals surface area contributed by atoms with Gasteiger partial charge in [-0.1, -0.05) is 18.5 Å². The number of H-pyrrole nitrogens is 1. The minimum atomic E-state index is -2.69. The number of aryl methyl sites for hydroxylation is 1. The molecule has 12 heteroatoms. The van der Waals surface area contributed by atoms with Crippen LogP contribution in [0.5, 0.6) is 5.75 Å². The number of carbonyl (C=O) groups excluding carboxylic acids is 1. The highest BCUT2D eigenvalue weighted by Crippen LogP contribution is 2.42. The van der Waals surface area contributed by atoms with Gasteiger partial charge in [0.15, 0.2) is 5.82 Å². The van der Waals surface area contributed by atoms with Crippen LogP contribution in [0.4, 0.5) is 28.8 Å². The van der Waals surface area contributed by atoms with Crippen molar-refractivity contribution in [3.05, 3.63) is 47.2 Å². The molecule has 1 aliphatic heterocycles. The van der Waals surface area contributed by atoms with E-state index in [4.69, 9.17) is 16.3 Å². The van der Waals surface area contributed by atoms with Crippen molar-refractivity contribution in [3.63, 3.8) is 0 Å². The zero-order valence-corrected chi connectivity index (χ0v) is 24.0. The van der Waals surface area contributed by atoms with Crippen LogP contribution in [0, 0.1) is 0 Å². The third kappa shape index (κ3) is 5.58. The van der Waals surface area contributed by atoms with Crippen molar-refractivity contribution in [1.82, 2.24) is 20.2 Å². The maximum atomic E-state index is 13.2. The number of aromatic amines is 1. The maximum absolute atomic E-state index is 13.2. The number of hydrogen-bond acceptors (Lipinski definition) is 9. The van der Waals surface area contributed by atoms with Crippen molar-refractivity contribution in [2.45, 2.75) is 26.2 Å². The summed E-state index contributed by atoms with van der Waals surface area (Å²) in [6.07, 6.45) is 5.10. The van der Waals surface area contributed by atoms with Crippen LogP contribution in [0.25, 0.3) is 10.9 Å². The minimum absolute atomic E-state index is 0.302. The van der Waals surface area contributed by atoms with Gasteiger partial charge in [-0.3, -0.25) is 9.89 Å². The first-order valence-corrected chi connectivity index (χ1v) is 15.7. The van der Waals surface area contributed by atoms with Crippen molar-refractivity contribution in [2.24, 2.45) is 0 Å². The van der Waals surface area contributed by atoms with Gasteiger partial charge in [-0.15, -0.1) is 0 Å². The second-order valence-corrected chi connectivity index (χ2v) is 13.4. The van der Waals surface area contributed by atoms with Crippen molar-refractivity contribution >= 4 is 69.6 Å². The van der Waals surface area contributed by atoms with E-state index in [2.05, 4.69) is 42.6 Å². The normalized spacial score (nSPS) is 14.1. The molecular weight excluding hydrogens is 537 g/mol. The second-order valence-electron chi connectivity index (χ2n) is 9.84. The number of ketones is 1. The molecule has 5 rings (SSSR count). The van der Waals surface area contributed by atoms with Crippen LogP contribution in [0.2, 0.25) is 5.02 Å². The summed E-state index contributed by atoms with van der Waals surface area (Å²) in [7, 11) is -1.07. The van der Waals surface area contributed by atoms with E-state index >= 15 is 0 Å². The van der Waals surface area contributed by atoms with E-state index < -0.39 is 7.14 Å². The van der Waals surface area contributed by atoms with Crippen molar-refractivity contribution in [1.29, 1.82) is 0 Å². The molecule has 0 radical (unpaired) electrons. The summed E-state index contributed by atoms with van der Waals surface area (Å²) < 4.78 is 18.9. The Balaban J connectivity index is 1.47. The lowest BCUT2D eigenvalue weighted by atomic mass is 10.0. The molecule has 0 aliphatic carbocycles. The Morgan fingerprint density at radius 1 is 1.13 bits per heavy atom. The molecule has 3 N–H and O–H groups in total. The standard InChI is InChI=1S/C27H31ClN7O3P/c1-5-16-12-22(24(38-2)13-23(16)35-10-8-17(36)9-11-35)32-27-29-15-19(28)26(33-27)31-21-7-6-20-18(14-30-34-20)25(21)39(3,4)37/h6-7,12-15H,5,8-11H2,1-4H3,(H,30,34)(H2,29,31,32,33). The molecular formula is C27H31ClN7O3P. The van der Waals surface area contributed by atoms with E-state index in [1.807, 2.05) is 24.3 Å². The molecule has 1 fully saturated rings. The van der Waals surface area contributed by atoms with Crippen LogP contribution >= 0.6 is 18.7 Å².